The van der Waals surface area contributed by atoms with Crippen LogP contribution < -0.4 is 14.8 Å². The zero-order chi connectivity index (χ0) is 21.0. The summed E-state index contributed by atoms with van der Waals surface area (Å²) in [6.45, 7) is 0. The molecule has 0 aliphatic rings. The molecule has 29 heavy (non-hydrogen) atoms. The minimum atomic E-state index is -3.42. The van der Waals surface area contributed by atoms with Crippen molar-refractivity contribution in [3.05, 3.63) is 60.2 Å². The first-order valence-electron chi connectivity index (χ1n) is 8.49. The molecule has 8 nitrogen and oxygen atoms in total. The number of carbonyl (C=O) groups excluding carboxylic acids is 1. The molecule has 3 aromatic rings. The van der Waals surface area contributed by atoms with Crippen LogP contribution >= 0.6 is 0 Å². The Morgan fingerprint density at radius 3 is 2.31 bits per heavy atom. The van der Waals surface area contributed by atoms with Gasteiger partial charge in [-0.1, -0.05) is 12.1 Å². The molecule has 0 saturated carbocycles. The van der Waals surface area contributed by atoms with E-state index >= 15 is 0 Å². The second-order valence-electron chi connectivity index (χ2n) is 6.13. The van der Waals surface area contributed by atoms with Gasteiger partial charge < -0.3 is 14.8 Å². The van der Waals surface area contributed by atoms with E-state index in [1.54, 1.807) is 48.5 Å². The molecule has 0 radical (unpaired) electrons. The molecule has 1 aromatic heterocycles. The van der Waals surface area contributed by atoms with Gasteiger partial charge in [0, 0.05) is 23.1 Å². The first-order valence-corrected chi connectivity index (χ1v) is 10.4. The van der Waals surface area contributed by atoms with Crippen LogP contribution in [0.15, 0.2) is 59.6 Å². The van der Waals surface area contributed by atoms with E-state index in [9.17, 15) is 13.2 Å². The Morgan fingerprint density at radius 1 is 0.931 bits per heavy atom. The maximum absolute atomic E-state index is 12.6. The summed E-state index contributed by atoms with van der Waals surface area (Å²) in [7, 11) is -0.396. The third-order valence-corrected chi connectivity index (χ3v) is 5.06. The Balaban J connectivity index is 1.82. The van der Waals surface area contributed by atoms with E-state index in [1.807, 2.05) is 0 Å². The van der Waals surface area contributed by atoms with E-state index in [0.717, 1.165) is 6.26 Å². The molecule has 0 spiro atoms. The molecule has 0 bridgehead atoms. The Hall–Kier alpha value is -3.46. The topological polar surface area (TPSA) is 107 Å². The van der Waals surface area contributed by atoms with Crippen molar-refractivity contribution in [2.24, 2.45) is 0 Å². The van der Waals surface area contributed by atoms with Crippen molar-refractivity contribution in [2.75, 3.05) is 25.8 Å². The molecule has 1 N–H and O–H groups in total. The van der Waals surface area contributed by atoms with Crippen LogP contribution in [-0.4, -0.2) is 45.0 Å². The maximum Gasteiger partial charge on any atom is 0.255 e. The number of ether oxygens (including phenoxy) is 2. The Labute approximate surface area is 168 Å². The highest BCUT2D eigenvalue weighted by molar-refractivity contribution is 7.90. The summed E-state index contributed by atoms with van der Waals surface area (Å²) in [5, 5.41) is 10.4. The number of hydrogen-bond donors (Lipinski definition) is 1. The maximum atomic E-state index is 12.6. The summed E-state index contributed by atoms with van der Waals surface area (Å²) >= 11 is 0. The molecule has 2 aromatic carbocycles. The van der Waals surface area contributed by atoms with E-state index in [-0.39, 0.29) is 10.9 Å². The van der Waals surface area contributed by atoms with E-state index < -0.39 is 9.84 Å². The molecule has 1 heterocycles. The normalized spacial score (nSPS) is 11.0. The van der Waals surface area contributed by atoms with Crippen LogP contribution in [0.5, 0.6) is 11.5 Å². The van der Waals surface area contributed by atoms with Gasteiger partial charge in [0.2, 0.25) is 0 Å². The van der Waals surface area contributed by atoms with Gasteiger partial charge in [-0.3, -0.25) is 4.79 Å². The Morgan fingerprint density at radius 2 is 1.69 bits per heavy atom. The van der Waals surface area contributed by atoms with Crippen LogP contribution in [0.3, 0.4) is 0 Å². The lowest BCUT2D eigenvalue weighted by Gasteiger charge is -2.10. The van der Waals surface area contributed by atoms with Crippen LogP contribution in [0.25, 0.3) is 11.3 Å². The van der Waals surface area contributed by atoms with Gasteiger partial charge in [0.05, 0.1) is 19.9 Å². The van der Waals surface area contributed by atoms with Crippen LogP contribution in [0, 0.1) is 0 Å². The summed E-state index contributed by atoms with van der Waals surface area (Å²) in [4.78, 5) is 12.6. The molecule has 0 aliphatic heterocycles. The first-order chi connectivity index (χ1) is 13.8. The number of aromatic nitrogens is 2. The van der Waals surface area contributed by atoms with Gasteiger partial charge in [0.15, 0.2) is 26.4 Å². The summed E-state index contributed by atoms with van der Waals surface area (Å²) < 4.78 is 33.4. The molecule has 3 rings (SSSR count). The molecular weight excluding hydrogens is 394 g/mol. The first kappa shape index (κ1) is 20.3. The van der Waals surface area contributed by atoms with E-state index in [2.05, 4.69) is 15.5 Å². The highest BCUT2D eigenvalue weighted by Crippen LogP contribution is 2.28. The lowest BCUT2D eigenvalue weighted by molar-refractivity contribution is 0.102. The van der Waals surface area contributed by atoms with Crippen molar-refractivity contribution in [2.45, 2.75) is 5.03 Å². The number of rotatable bonds is 6. The van der Waals surface area contributed by atoms with Crippen LogP contribution in [0.4, 0.5) is 5.69 Å². The van der Waals surface area contributed by atoms with Gasteiger partial charge in [-0.15, -0.1) is 10.2 Å². The molecule has 1 amide bonds. The predicted octanol–water partition coefficient (Wildman–Crippen LogP) is 2.82. The molecule has 0 unspecified atom stereocenters. The van der Waals surface area contributed by atoms with Crippen molar-refractivity contribution in [3.63, 3.8) is 0 Å². The van der Waals surface area contributed by atoms with Crippen molar-refractivity contribution in [1.82, 2.24) is 10.2 Å². The molecule has 0 aliphatic carbocycles. The zero-order valence-electron chi connectivity index (χ0n) is 16.0. The minimum absolute atomic E-state index is 0.0980. The zero-order valence-corrected chi connectivity index (χ0v) is 16.9. The molecule has 0 fully saturated rings. The number of nitrogens with one attached hydrogen (secondary N) is 1. The number of nitrogens with zero attached hydrogens (tertiary/aromatic N) is 2. The number of anilines is 1. The monoisotopic (exact) mass is 413 g/mol. The van der Waals surface area contributed by atoms with Crippen LogP contribution in [-0.2, 0) is 9.84 Å². The summed E-state index contributed by atoms with van der Waals surface area (Å²) in [5.74, 6) is 0.666. The second-order valence-corrected chi connectivity index (χ2v) is 8.10. The number of carbonyl (C=O) groups is 1. The SMILES string of the molecule is COc1ccc(C(=O)Nc2cccc(-c3ccc(S(C)(=O)=O)nn3)c2)cc1OC. The number of benzene rings is 2. The fraction of sp³-hybridized carbons (Fsp3) is 0.150. The third kappa shape index (κ3) is 4.69. The van der Waals surface area contributed by atoms with Crippen molar-refractivity contribution >= 4 is 21.4 Å². The quantitative estimate of drug-likeness (QED) is 0.662. The van der Waals surface area contributed by atoms with Gasteiger partial charge in [-0.05, 0) is 42.5 Å². The lowest BCUT2D eigenvalue weighted by Crippen LogP contribution is -2.12. The standard InChI is InChI=1S/C20H19N3O5S/c1-27-17-9-7-14(12-18(17)28-2)20(24)21-15-6-4-5-13(11-15)16-8-10-19(23-22-16)29(3,25)26/h4-12H,1-3H3,(H,21,24). The average molecular weight is 413 g/mol. The van der Waals surface area contributed by atoms with Gasteiger partial charge in [0.1, 0.15) is 0 Å². The molecular formula is C20H19N3O5S. The lowest BCUT2D eigenvalue weighted by atomic mass is 10.1. The number of sulfone groups is 1. The number of hydrogen-bond acceptors (Lipinski definition) is 7. The van der Waals surface area contributed by atoms with E-state index in [1.165, 1.54) is 20.3 Å². The Kier molecular flexibility index (Phi) is 5.79. The summed E-state index contributed by atoms with van der Waals surface area (Å²) in [6, 6.07) is 14.8. The number of methoxy groups -OCH3 is 2. The van der Waals surface area contributed by atoms with Gasteiger partial charge in [-0.2, -0.15) is 0 Å². The van der Waals surface area contributed by atoms with Crippen LogP contribution in [0.2, 0.25) is 0 Å². The number of amides is 1. The fourth-order valence-electron chi connectivity index (χ4n) is 2.61. The molecule has 0 atom stereocenters. The fourth-order valence-corrected chi connectivity index (χ4v) is 3.11. The third-order valence-electron chi connectivity index (χ3n) is 4.08. The van der Waals surface area contributed by atoms with Gasteiger partial charge in [-0.25, -0.2) is 8.42 Å². The van der Waals surface area contributed by atoms with Crippen molar-refractivity contribution < 1.29 is 22.7 Å². The van der Waals surface area contributed by atoms with Gasteiger partial charge in [0.25, 0.3) is 5.91 Å². The van der Waals surface area contributed by atoms with E-state index in [0.29, 0.717) is 34.0 Å². The highest BCUT2D eigenvalue weighted by atomic mass is 32.2. The predicted molar refractivity (Wildman–Crippen MR) is 108 cm³/mol. The van der Waals surface area contributed by atoms with E-state index in [4.69, 9.17) is 9.47 Å². The largest absolute Gasteiger partial charge is 0.493 e. The molecule has 0 saturated heterocycles. The summed E-state index contributed by atoms with van der Waals surface area (Å²) in [5.41, 5.74) is 2.13. The molecule has 9 heteroatoms. The van der Waals surface area contributed by atoms with Crippen LogP contribution in [0.1, 0.15) is 10.4 Å². The molecule has 150 valence electrons. The average Bonchev–Trinajstić information content (AvgIpc) is 2.72. The highest BCUT2D eigenvalue weighted by Gasteiger charge is 2.13. The van der Waals surface area contributed by atoms with Crippen molar-refractivity contribution in [3.8, 4) is 22.8 Å². The Bertz CT molecular complexity index is 1150. The second kappa shape index (κ2) is 8.27. The van der Waals surface area contributed by atoms with Gasteiger partial charge >= 0.3 is 0 Å². The summed E-state index contributed by atoms with van der Waals surface area (Å²) in [6.07, 6.45) is 1.07. The minimum Gasteiger partial charge on any atom is -0.493 e. The van der Waals surface area contributed by atoms with Crippen molar-refractivity contribution in [1.29, 1.82) is 0 Å². The smallest absolute Gasteiger partial charge is 0.255 e.